The van der Waals surface area contributed by atoms with E-state index < -0.39 is 21.5 Å². The number of sulfonamides is 1. The van der Waals surface area contributed by atoms with E-state index in [-0.39, 0.29) is 29.6 Å². The lowest BCUT2D eigenvalue weighted by atomic mass is 10.00. The number of piperidine rings is 1. The maximum Gasteiger partial charge on any atom is 0.272 e. The quantitative estimate of drug-likeness (QED) is 0.827. The second-order valence-corrected chi connectivity index (χ2v) is 9.19. The summed E-state index contributed by atoms with van der Waals surface area (Å²) < 4.78 is 40.1. The summed E-state index contributed by atoms with van der Waals surface area (Å²) in [6, 6.07) is 11.6. The second kappa shape index (κ2) is 6.95. The molecule has 2 aromatic carbocycles. The van der Waals surface area contributed by atoms with Crippen LogP contribution in [0, 0.1) is 5.82 Å². The van der Waals surface area contributed by atoms with Crippen molar-refractivity contribution in [3.8, 4) is 0 Å². The summed E-state index contributed by atoms with van der Waals surface area (Å²) in [7, 11) is -3.64. The van der Waals surface area contributed by atoms with Crippen LogP contribution in [0.1, 0.15) is 18.4 Å². The van der Waals surface area contributed by atoms with Crippen molar-refractivity contribution in [2.45, 2.75) is 23.4 Å². The van der Waals surface area contributed by atoms with E-state index in [2.05, 4.69) is 10.3 Å². The number of nitrogens with zero attached hydrogens (tertiary/aromatic N) is 2. The molecule has 2 aliphatic heterocycles. The summed E-state index contributed by atoms with van der Waals surface area (Å²) in [5, 5.41) is 3.34. The van der Waals surface area contributed by atoms with Gasteiger partial charge >= 0.3 is 0 Å². The molecule has 1 saturated heterocycles. The molecular weight excluding hydrogens is 405 g/mol. The third kappa shape index (κ3) is 3.43. The predicted molar refractivity (Wildman–Crippen MR) is 103 cm³/mol. The van der Waals surface area contributed by atoms with Crippen molar-refractivity contribution in [1.29, 1.82) is 0 Å². The molecule has 9 heteroatoms. The number of nitrogens with one attached hydrogen (secondary N) is 1. The SMILES string of the molecule is O=C1NC2(CCN(S(=O)(=O)c3ccc(Cl)cc3)CC2)N=C1c1ccc(F)cc1. The zero-order valence-corrected chi connectivity index (χ0v) is 16.3. The number of aliphatic imine (C=N–C) groups is 1. The van der Waals surface area contributed by atoms with E-state index in [4.69, 9.17) is 11.6 Å². The van der Waals surface area contributed by atoms with Gasteiger partial charge in [0.2, 0.25) is 10.0 Å². The molecule has 2 aromatic rings. The van der Waals surface area contributed by atoms with Crippen molar-refractivity contribution >= 4 is 33.2 Å². The number of carbonyl (C=O) groups is 1. The van der Waals surface area contributed by atoms with Gasteiger partial charge in [0.1, 0.15) is 17.2 Å². The lowest BCUT2D eigenvalue weighted by Crippen LogP contribution is -2.52. The number of halogens is 2. The Bertz CT molecular complexity index is 1040. The van der Waals surface area contributed by atoms with E-state index in [1.807, 2.05) is 0 Å². The van der Waals surface area contributed by atoms with Gasteiger partial charge in [-0.1, -0.05) is 11.6 Å². The fourth-order valence-electron chi connectivity index (χ4n) is 3.46. The van der Waals surface area contributed by atoms with Crippen molar-refractivity contribution in [1.82, 2.24) is 9.62 Å². The van der Waals surface area contributed by atoms with Crippen LogP contribution >= 0.6 is 11.6 Å². The fraction of sp³-hybridized carbons (Fsp3) is 0.263. The van der Waals surface area contributed by atoms with Crippen LogP contribution < -0.4 is 5.32 Å². The number of benzene rings is 2. The van der Waals surface area contributed by atoms with Crippen LogP contribution in [0.15, 0.2) is 58.4 Å². The molecule has 2 aliphatic rings. The third-order valence-corrected chi connectivity index (χ3v) is 7.17. The highest BCUT2D eigenvalue weighted by atomic mass is 35.5. The van der Waals surface area contributed by atoms with Crippen molar-refractivity contribution in [2.75, 3.05) is 13.1 Å². The Hall–Kier alpha value is -2.29. The predicted octanol–water partition coefficient (Wildman–Crippen LogP) is 2.58. The minimum Gasteiger partial charge on any atom is -0.326 e. The highest BCUT2D eigenvalue weighted by Gasteiger charge is 2.44. The lowest BCUT2D eigenvalue weighted by Gasteiger charge is -2.36. The topological polar surface area (TPSA) is 78.8 Å². The molecule has 1 N–H and O–H groups in total. The molecule has 4 rings (SSSR count). The molecule has 28 heavy (non-hydrogen) atoms. The minimum atomic E-state index is -3.64. The molecule has 0 saturated carbocycles. The molecule has 1 amide bonds. The molecule has 0 bridgehead atoms. The average Bonchev–Trinajstić information content (AvgIpc) is 2.99. The van der Waals surface area contributed by atoms with E-state index in [0.29, 0.717) is 23.4 Å². The Kier molecular flexibility index (Phi) is 4.73. The van der Waals surface area contributed by atoms with Crippen LogP contribution in [0.5, 0.6) is 0 Å². The standard InChI is InChI=1S/C19H17ClFN3O3S/c20-14-3-7-16(8-4-14)28(26,27)24-11-9-19(10-12-24)22-17(18(25)23-19)13-1-5-15(21)6-2-13/h1-8H,9-12H2,(H,23,25). The smallest absolute Gasteiger partial charge is 0.272 e. The van der Waals surface area contributed by atoms with Gasteiger partial charge < -0.3 is 5.32 Å². The van der Waals surface area contributed by atoms with Crippen molar-refractivity contribution in [3.63, 3.8) is 0 Å². The highest BCUT2D eigenvalue weighted by molar-refractivity contribution is 7.89. The molecule has 0 unspecified atom stereocenters. The molecule has 6 nitrogen and oxygen atoms in total. The molecular formula is C19H17ClFN3O3S. The Labute approximate surface area is 167 Å². The number of hydrogen-bond acceptors (Lipinski definition) is 4. The van der Waals surface area contributed by atoms with Gasteiger partial charge in [0.25, 0.3) is 5.91 Å². The molecule has 0 radical (unpaired) electrons. The van der Waals surface area contributed by atoms with Crippen molar-refractivity contribution in [2.24, 2.45) is 4.99 Å². The van der Waals surface area contributed by atoms with E-state index >= 15 is 0 Å². The van der Waals surface area contributed by atoms with Gasteiger partial charge in [-0.15, -0.1) is 0 Å². The number of rotatable bonds is 3. The van der Waals surface area contributed by atoms with Gasteiger partial charge in [-0.2, -0.15) is 4.31 Å². The van der Waals surface area contributed by atoms with Gasteiger partial charge in [-0.25, -0.2) is 12.8 Å². The van der Waals surface area contributed by atoms with Crippen molar-refractivity contribution < 1.29 is 17.6 Å². The monoisotopic (exact) mass is 421 g/mol. The fourth-order valence-corrected chi connectivity index (χ4v) is 5.02. The van der Waals surface area contributed by atoms with Gasteiger partial charge in [0.05, 0.1) is 4.90 Å². The second-order valence-electron chi connectivity index (χ2n) is 6.81. The molecule has 0 aromatic heterocycles. The summed E-state index contributed by atoms with van der Waals surface area (Å²) in [5.74, 6) is -0.723. The first-order chi connectivity index (χ1) is 13.3. The van der Waals surface area contributed by atoms with Gasteiger partial charge in [-0.3, -0.25) is 9.79 Å². The van der Waals surface area contributed by atoms with E-state index in [1.165, 1.54) is 52.8 Å². The Morgan fingerprint density at radius 2 is 1.64 bits per heavy atom. The van der Waals surface area contributed by atoms with Crippen LogP contribution in [0.4, 0.5) is 4.39 Å². The Morgan fingerprint density at radius 1 is 1.04 bits per heavy atom. The summed E-state index contributed by atoms with van der Waals surface area (Å²) in [6.45, 7) is 0.455. The van der Waals surface area contributed by atoms with Crippen molar-refractivity contribution in [3.05, 3.63) is 64.9 Å². The largest absolute Gasteiger partial charge is 0.326 e. The van der Waals surface area contributed by atoms with Gasteiger partial charge in [0, 0.05) is 36.5 Å². The summed E-state index contributed by atoms with van der Waals surface area (Å²) in [6.07, 6.45) is 0.715. The van der Waals surface area contributed by atoms with Crippen LogP contribution in [0.25, 0.3) is 0 Å². The molecule has 0 atom stereocenters. The molecule has 0 aliphatic carbocycles. The Balaban J connectivity index is 1.53. The van der Waals surface area contributed by atoms with E-state index in [0.717, 1.165) is 0 Å². The minimum absolute atomic E-state index is 0.179. The van der Waals surface area contributed by atoms with Crippen LogP contribution in [0.3, 0.4) is 0 Å². The van der Waals surface area contributed by atoms with Gasteiger partial charge in [-0.05, 0) is 48.5 Å². The molecule has 1 fully saturated rings. The number of carbonyl (C=O) groups excluding carboxylic acids is 1. The number of amides is 1. The van der Waals surface area contributed by atoms with Crippen LogP contribution in [0.2, 0.25) is 5.02 Å². The molecule has 2 heterocycles. The van der Waals surface area contributed by atoms with E-state index in [9.17, 15) is 17.6 Å². The van der Waals surface area contributed by atoms with Crippen LogP contribution in [-0.2, 0) is 14.8 Å². The maximum atomic E-state index is 13.1. The maximum absolute atomic E-state index is 13.1. The summed E-state index contributed by atoms with van der Waals surface area (Å²) in [4.78, 5) is 17.1. The number of hydrogen-bond donors (Lipinski definition) is 1. The average molecular weight is 422 g/mol. The third-order valence-electron chi connectivity index (χ3n) is 5.01. The zero-order valence-electron chi connectivity index (χ0n) is 14.7. The highest BCUT2D eigenvalue weighted by Crippen LogP contribution is 2.31. The summed E-state index contributed by atoms with van der Waals surface area (Å²) >= 11 is 5.83. The van der Waals surface area contributed by atoms with Gasteiger partial charge in [0.15, 0.2) is 0 Å². The molecule has 146 valence electrons. The molecule has 1 spiro atoms. The first kappa shape index (κ1) is 19.0. The summed E-state index contributed by atoms with van der Waals surface area (Å²) in [5.41, 5.74) is -0.0479. The van der Waals surface area contributed by atoms with E-state index in [1.54, 1.807) is 0 Å². The van der Waals surface area contributed by atoms with Crippen LogP contribution in [-0.4, -0.2) is 43.1 Å². The Morgan fingerprint density at radius 3 is 2.25 bits per heavy atom. The first-order valence-electron chi connectivity index (χ1n) is 8.73. The zero-order chi connectivity index (χ0) is 19.9. The lowest BCUT2D eigenvalue weighted by molar-refractivity contribution is -0.115. The normalized spacial score (nSPS) is 19.5. The first-order valence-corrected chi connectivity index (χ1v) is 10.5.